The number of hydrogen-bond acceptors (Lipinski definition) is 2. The Hall–Kier alpha value is -0.990. The summed E-state index contributed by atoms with van der Waals surface area (Å²) < 4.78 is 0. The topological polar surface area (TPSA) is 49.3 Å². The highest BCUT2D eigenvalue weighted by atomic mass is 16.4. The lowest BCUT2D eigenvalue weighted by Crippen LogP contribution is -2.17. The molecule has 0 bridgehead atoms. The van der Waals surface area contributed by atoms with E-state index in [1.807, 2.05) is 0 Å². The molecule has 2 N–H and O–H groups in total. The molecule has 0 amide bonds. The van der Waals surface area contributed by atoms with E-state index in [1.54, 1.807) is 0 Å². The van der Waals surface area contributed by atoms with Gasteiger partial charge in [-0.25, -0.2) is 4.79 Å². The van der Waals surface area contributed by atoms with Crippen molar-refractivity contribution in [3.8, 4) is 0 Å². The van der Waals surface area contributed by atoms with E-state index in [0.29, 0.717) is 5.92 Å². The van der Waals surface area contributed by atoms with Gasteiger partial charge < -0.3 is 10.4 Å². The smallest absolute Gasteiger partial charge is 0.329 e. The molecule has 1 saturated carbocycles. The highest BCUT2D eigenvalue weighted by Gasteiger charge is 2.26. The predicted octanol–water partition coefficient (Wildman–Crippen LogP) is 1.22. The molecule has 12 heavy (non-hydrogen) atoms. The minimum Gasteiger partial charge on any atom is -0.478 e. The number of aliphatic carboxylic acids is 1. The molecule has 1 unspecified atom stereocenters. The van der Waals surface area contributed by atoms with Gasteiger partial charge >= 0.3 is 5.97 Å². The Balaban J connectivity index is 2.04. The van der Waals surface area contributed by atoms with Crippen molar-refractivity contribution in [3.63, 3.8) is 0 Å². The van der Waals surface area contributed by atoms with E-state index in [9.17, 15) is 4.79 Å². The Morgan fingerprint density at radius 1 is 1.75 bits per heavy atom. The van der Waals surface area contributed by atoms with Crippen molar-refractivity contribution < 1.29 is 9.90 Å². The molecule has 68 valence electrons. The van der Waals surface area contributed by atoms with Crippen LogP contribution in [-0.2, 0) is 4.79 Å². The van der Waals surface area contributed by atoms with E-state index in [-0.39, 0.29) is 0 Å². The fourth-order valence-corrected chi connectivity index (χ4v) is 1.22. The molecule has 1 rings (SSSR count). The van der Waals surface area contributed by atoms with Crippen molar-refractivity contribution in [3.05, 3.63) is 12.3 Å². The number of carboxylic acid groups (broad SMARTS) is 1. The Morgan fingerprint density at radius 2 is 2.42 bits per heavy atom. The van der Waals surface area contributed by atoms with Crippen molar-refractivity contribution in [2.24, 2.45) is 11.8 Å². The fraction of sp³-hybridized carbons (Fsp3) is 0.667. The summed E-state index contributed by atoms with van der Waals surface area (Å²) in [5.41, 5.74) is 0. The molecule has 0 aromatic carbocycles. The van der Waals surface area contributed by atoms with Crippen LogP contribution in [0.15, 0.2) is 12.3 Å². The Labute approximate surface area is 72.5 Å². The Morgan fingerprint density at radius 3 is 2.92 bits per heavy atom. The van der Waals surface area contributed by atoms with Crippen LogP contribution in [0.4, 0.5) is 0 Å². The summed E-state index contributed by atoms with van der Waals surface area (Å²) in [5, 5.41) is 11.2. The Bertz CT molecular complexity index is 185. The molecule has 1 atom stereocenters. The maximum atomic E-state index is 10.1. The van der Waals surface area contributed by atoms with E-state index < -0.39 is 5.97 Å². The second-order valence-electron chi connectivity index (χ2n) is 3.39. The largest absolute Gasteiger partial charge is 0.478 e. The van der Waals surface area contributed by atoms with Gasteiger partial charge in [-0.2, -0.15) is 0 Å². The number of hydrogen-bond donors (Lipinski definition) is 2. The van der Waals surface area contributed by atoms with Crippen molar-refractivity contribution in [1.82, 2.24) is 5.32 Å². The van der Waals surface area contributed by atoms with Crippen LogP contribution < -0.4 is 5.32 Å². The van der Waals surface area contributed by atoms with Crippen molar-refractivity contribution in [2.45, 2.75) is 19.8 Å². The zero-order valence-corrected chi connectivity index (χ0v) is 7.29. The van der Waals surface area contributed by atoms with Crippen LogP contribution in [-0.4, -0.2) is 17.6 Å². The molecule has 3 nitrogen and oxygen atoms in total. The molecule has 0 heterocycles. The lowest BCUT2D eigenvalue weighted by atomic mass is 10.1. The van der Waals surface area contributed by atoms with Gasteiger partial charge in [-0.05, 0) is 24.7 Å². The van der Waals surface area contributed by atoms with Gasteiger partial charge in [0.25, 0.3) is 0 Å². The molecule has 0 spiro atoms. The minimum atomic E-state index is -0.901. The van der Waals surface area contributed by atoms with Crippen molar-refractivity contribution >= 4 is 5.97 Å². The average molecular weight is 169 g/mol. The first-order chi connectivity index (χ1) is 5.70. The first-order valence-electron chi connectivity index (χ1n) is 4.33. The van der Waals surface area contributed by atoms with Crippen LogP contribution >= 0.6 is 0 Å². The zero-order valence-electron chi connectivity index (χ0n) is 7.29. The minimum absolute atomic E-state index is 0.670. The molecular formula is C9H15NO2. The summed E-state index contributed by atoms with van der Waals surface area (Å²) in [7, 11) is 0. The lowest BCUT2D eigenvalue weighted by molar-refractivity contribution is -0.131. The molecule has 0 aliphatic heterocycles. The van der Waals surface area contributed by atoms with Crippen LogP contribution in [0.2, 0.25) is 0 Å². The van der Waals surface area contributed by atoms with Crippen LogP contribution in [0, 0.1) is 11.8 Å². The summed E-state index contributed by atoms with van der Waals surface area (Å²) in [4.78, 5) is 10.1. The van der Waals surface area contributed by atoms with Crippen LogP contribution in [0.1, 0.15) is 19.8 Å². The molecule has 1 fully saturated rings. The van der Waals surface area contributed by atoms with Crippen molar-refractivity contribution in [2.75, 3.05) is 6.54 Å². The number of carboxylic acids is 1. The van der Waals surface area contributed by atoms with Gasteiger partial charge in [0.15, 0.2) is 0 Å². The molecule has 1 aliphatic rings. The second-order valence-corrected chi connectivity index (χ2v) is 3.39. The fourth-order valence-electron chi connectivity index (χ4n) is 1.22. The van der Waals surface area contributed by atoms with E-state index in [4.69, 9.17) is 5.11 Å². The third kappa shape index (κ3) is 3.42. The van der Waals surface area contributed by atoms with Crippen molar-refractivity contribution in [1.29, 1.82) is 0 Å². The summed E-state index contributed by atoms with van der Waals surface area (Å²) in [6, 6.07) is 0. The highest BCUT2D eigenvalue weighted by Crippen LogP contribution is 2.35. The average Bonchev–Trinajstić information content (AvgIpc) is 2.79. The summed E-state index contributed by atoms with van der Waals surface area (Å²) >= 11 is 0. The van der Waals surface area contributed by atoms with E-state index >= 15 is 0 Å². The third-order valence-corrected chi connectivity index (χ3v) is 2.21. The molecule has 0 aromatic rings. The SMILES string of the molecule is CC(CN/C=C/C(=O)O)C1CC1. The van der Waals surface area contributed by atoms with Crippen LogP contribution in [0.5, 0.6) is 0 Å². The summed E-state index contributed by atoms with van der Waals surface area (Å²) in [6.45, 7) is 3.08. The van der Waals surface area contributed by atoms with Gasteiger partial charge in [0.05, 0.1) is 0 Å². The van der Waals surface area contributed by atoms with Gasteiger partial charge in [-0.15, -0.1) is 0 Å². The number of carbonyl (C=O) groups is 1. The Kier molecular flexibility index (Phi) is 3.14. The van der Waals surface area contributed by atoms with Gasteiger partial charge in [0.2, 0.25) is 0 Å². The molecule has 0 aromatic heterocycles. The summed E-state index contributed by atoms with van der Waals surface area (Å²) in [5.74, 6) is 0.640. The predicted molar refractivity (Wildman–Crippen MR) is 46.7 cm³/mol. The monoisotopic (exact) mass is 169 g/mol. The van der Waals surface area contributed by atoms with Gasteiger partial charge in [-0.3, -0.25) is 0 Å². The van der Waals surface area contributed by atoms with Gasteiger partial charge in [0.1, 0.15) is 0 Å². The maximum absolute atomic E-state index is 10.1. The van der Waals surface area contributed by atoms with Gasteiger partial charge in [-0.1, -0.05) is 6.92 Å². The molecule has 3 heteroatoms. The zero-order chi connectivity index (χ0) is 8.97. The van der Waals surface area contributed by atoms with Crippen LogP contribution in [0.3, 0.4) is 0 Å². The lowest BCUT2D eigenvalue weighted by Gasteiger charge is -2.08. The van der Waals surface area contributed by atoms with E-state index in [2.05, 4.69) is 12.2 Å². The molecule has 0 saturated heterocycles. The van der Waals surface area contributed by atoms with Crippen LogP contribution in [0.25, 0.3) is 0 Å². The standard InChI is InChI=1S/C9H15NO2/c1-7(8-2-3-8)6-10-5-4-9(11)12/h4-5,7-8,10H,2-3,6H2,1H3,(H,11,12)/b5-4+. The quantitative estimate of drug-likeness (QED) is 0.608. The molecule has 0 radical (unpaired) electrons. The van der Waals surface area contributed by atoms with E-state index in [1.165, 1.54) is 19.0 Å². The first-order valence-corrected chi connectivity index (χ1v) is 4.33. The van der Waals surface area contributed by atoms with Gasteiger partial charge in [0, 0.05) is 18.8 Å². The highest BCUT2D eigenvalue weighted by molar-refractivity contribution is 5.79. The number of rotatable bonds is 5. The molecular weight excluding hydrogens is 154 g/mol. The second kappa shape index (κ2) is 4.14. The molecule has 1 aliphatic carbocycles. The maximum Gasteiger partial charge on any atom is 0.329 e. The number of nitrogens with one attached hydrogen (secondary N) is 1. The first kappa shape index (κ1) is 9.10. The summed E-state index contributed by atoms with van der Waals surface area (Å²) in [6.07, 6.45) is 5.30. The third-order valence-electron chi connectivity index (χ3n) is 2.21. The van der Waals surface area contributed by atoms with E-state index in [0.717, 1.165) is 18.5 Å². The normalized spacial score (nSPS) is 19.4.